The van der Waals surface area contributed by atoms with Gasteiger partial charge < -0.3 is 5.11 Å². The van der Waals surface area contributed by atoms with Crippen LogP contribution in [0, 0.1) is 5.92 Å². The van der Waals surface area contributed by atoms with Crippen molar-refractivity contribution in [2.45, 2.75) is 43.4 Å². The molecule has 132 valence electrons. The lowest BCUT2D eigenvalue weighted by molar-refractivity contribution is -0.130. The Morgan fingerprint density at radius 1 is 1.21 bits per heavy atom. The van der Waals surface area contributed by atoms with E-state index in [1.165, 1.54) is 30.3 Å². The number of aliphatic carboxylic acids is 1. The van der Waals surface area contributed by atoms with Crippen LogP contribution in [0.1, 0.15) is 31.7 Å². The van der Waals surface area contributed by atoms with E-state index in [1.807, 2.05) is 0 Å². The molecule has 1 aromatic rings. The summed E-state index contributed by atoms with van der Waals surface area (Å²) in [4.78, 5) is 11.6. The van der Waals surface area contributed by atoms with E-state index in [1.54, 1.807) is 6.92 Å². The fraction of sp³-hybridized carbons (Fsp3) is 0.471. The lowest BCUT2D eigenvalue weighted by Crippen LogP contribution is -2.07. The molecule has 3 atom stereocenters. The van der Waals surface area contributed by atoms with E-state index < -0.39 is 34.1 Å². The summed E-state index contributed by atoms with van der Waals surface area (Å²) in [6.45, 7) is 1.76. The zero-order chi connectivity index (χ0) is 17.9. The zero-order valence-corrected chi connectivity index (χ0v) is 14.1. The number of allylic oxidation sites excluding steroid dienone is 1. The monoisotopic (exact) mass is 358 g/mol. The van der Waals surface area contributed by atoms with Crippen molar-refractivity contribution in [2.75, 3.05) is 5.75 Å². The Hall–Kier alpha value is -1.76. The molecule has 1 unspecified atom stereocenters. The number of carboxylic acid groups (broad SMARTS) is 1. The van der Waals surface area contributed by atoms with Gasteiger partial charge in [-0.1, -0.05) is 25.1 Å². The number of hydrogen-bond acceptors (Lipinski definition) is 3. The summed E-state index contributed by atoms with van der Waals surface area (Å²) < 4.78 is 50.5. The Bertz CT molecular complexity index is 715. The van der Waals surface area contributed by atoms with E-state index in [9.17, 15) is 27.1 Å². The number of halogens is 2. The summed E-state index contributed by atoms with van der Waals surface area (Å²) in [6, 6.07) is 5.55. The summed E-state index contributed by atoms with van der Waals surface area (Å²) in [5.41, 5.74) is 0.247. The highest BCUT2D eigenvalue weighted by Crippen LogP contribution is 2.33. The van der Waals surface area contributed by atoms with Crippen molar-refractivity contribution in [1.29, 1.82) is 0 Å². The highest BCUT2D eigenvalue weighted by molar-refractivity contribution is 7.91. The molecule has 0 aromatic heterocycles. The average molecular weight is 358 g/mol. The number of alkyl halides is 2. The van der Waals surface area contributed by atoms with Crippen molar-refractivity contribution in [2.24, 2.45) is 5.92 Å². The van der Waals surface area contributed by atoms with Gasteiger partial charge in [0.15, 0.2) is 9.84 Å². The molecule has 0 saturated heterocycles. The molecule has 1 saturated carbocycles. The molecular formula is C17H20F2O4S. The van der Waals surface area contributed by atoms with Crippen LogP contribution in [0.4, 0.5) is 8.78 Å². The van der Waals surface area contributed by atoms with Gasteiger partial charge in [0.05, 0.1) is 16.2 Å². The van der Waals surface area contributed by atoms with Gasteiger partial charge >= 0.3 is 5.97 Å². The molecule has 1 aliphatic rings. The minimum absolute atomic E-state index is 0.0197. The van der Waals surface area contributed by atoms with Crippen molar-refractivity contribution < 1.29 is 27.1 Å². The standard InChI is InChI=1S/C17H20F2O4S/c1-2-7-24(22,23)13-5-3-12(4-6-13)14(17(20)21)8-11-9-15(18)16(19)10-11/h3-6,8,11,15-16H,2,7,9-10H2,1H3,(H,20,21)/b14-8+/t11?,15-,16+. The Morgan fingerprint density at radius 2 is 1.75 bits per heavy atom. The van der Waals surface area contributed by atoms with Gasteiger partial charge in [-0.2, -0.15) is 0 Å². The van der Waals surface area contributed by atoms with Gasteiger partial charge in [0.25, 0.3) is 0 Å². The summed E-state index contributed by atoms with van der Waals surface area (Å²) in [6.07, 6.45) is -1.36. The first-order valence-electron chi connectivity index (χ1n) is 7.81. The van der Waals surface area contributed by atoms with Crippen molar-refractivity contribution in [3.63, 3.8) is 0 Å². The minimum atomic E-state index is -3.38. The molecule has 0 heterocycles. The SMILES string of the molecule is CCCS(=O)(=O)c1ccc(/C(=C\C2C[C@@H](F)[C@@H](F)C2)C(=O)O)cc1. The third-order valence-electron chi connectivity index (χ3n) is 4.08. The summed E-state index contributed by atoms with van der Waals surface area (Å²) in [5.74, 6) is -1.67. The summed E-state index contributed by atoms with van der Waals surface area (Å²) >= 11 is 0. The summed E-state index contributed by atoms with van der Waals surface area (Å²) in [5, 5.41) is 9.36. The molecule has 0 spiro atoms. The summed E-state index contributed by atoms with van der Waals surface area (Å²) in [7, 11) is -3.38. The van der Waals surface area contributed by atoms with E-state index in [-0.39, 0.29) is 29.1 Å². The van der Waals surface area contributed by atoms with E-state index in [4.69, 9.17) is 0 Å². The first kappa shape index (κ1) is 18.6. The molecule has 0 radical (unpaired) electrons. The molecule has 4 nitrogen and oxygen atoms in total. The number of carbonyl (C=O) groups is 1. The third-order valence-corrected chi connectivity index (χ3v) is 6.01. The van der Waals surface area contributed by atoms with E-state index in [0.717, 1.165) is 0 Å². The quantitative estimate of drug-likeness (QED) is 0.791. The van der Waals surface area contributed by atoms with E-state index in [0.29, 0.717) is 12.0 Å². The molecule has 24 heavy (non-hydrogen) atoms. The van der Waals surface area contributed by atoms with Crippen molar-refractivity contribution in [3.8, 4) is 0 Å². The second kappa shape index (κ2) is 7.42. The van der Waals surface area contributed by atoms with E-state index >= 15 is 0 Å². The maximum Gasteiger partial charge on any atom is 0.335 e. The number of carboxylic acids is 1. The van der Waals surface area contributed by atoms with Gasteiger partial charge in [-0.05, 0) is 42.9 Å². The molecule has 2 rings (SSSR count). The van der Waals surface area contributed by atoms with Crippen LogP contribution in [0.15, 0.2) is 35.2 Å². The largest absolute Gasteiger partial charge is 0.478 e. The number of benzene rings is 1. The molecule has 1 fully saturated rings. The lowest BCUT2D eigenvalue weighted by Gasteiger charge is -2.08. The van der Waals surface area contributed by atoms with Crippen LogP contribution in [-0.2, 0) is 14.6 Å². The van der Waals surface area contributed by atoms with Crippen molar-refractivity contribution in [3.05, 3.63) is 35.9 Å². The third kappa shape index (κ3) is 4.20. The Balaban J connectivity index is 2.28. The molecule has 1 aromatic carbocycles. The second-order valence-electron chi connectivity index (χ2n) is 5.99. The molecule has 0 amide bonds. The Morgan fingerprint density at radius 3 is 2.21 bits per heavy atom. The van der Waals surface area contributed by atoms with Crippen LogP contribution >= 0.6 is 0 Å². The highest BCUT2D eigenvalue weighted by atomic mass is 32.2. The van der Waals surface area contributed by atoms with Crippen LogP contribution in [-0.4, -0.2) is 37.6 Å². The lowest BCUT2D eigenvalue weighted by atomic mass is 9.99. The molecular weight excluding hydrogens is 338 g/mol. The van der Waals surface area contributed by atoms with Crippen LogP contribution in [0.2, 0.25) is 0 Å². The van der Waals surface area contributed by atoms with Gasteiger partial charge in [0.1, 0.15) is 12.3 Å². The molecule has 7 heteroatoms. The maximum absolute atomic E-state index is 13.3. The molecule has 1 aliphatic carbocycles. The molecule has 0 bridgehead atoms. The average Bonchev–Trinajstić information content (AvgIpc) is 2.83. The van der Waals surface area contributed by atoms with Gasteiger partial charge in [0, 0.05) is 0 Å². The van der Waals surface area contributed by atoms with E-state index in [2.05, 4.69) is 0 Å². The van der Waals surface area contributed by atoms with Crippen molar-refractivity contribution in [1.82, 2.24) is 0 Å². The molecule has 1 N–H and O–H groups in total. The fourth-order valence-electron chi connectivity index (χ4n) is 2.86. The van der Waals surface area contributed by atoms with Crippen LogP contribution in [0.3, 0.4) is 0 Å². The molecule has 0 aliphatic heterocycles. The number of hydrogen-bond donors (Lipinski definition) is 1. The van der Waals surface area contributed by atoms with Crippen molar-refractivity contribution >= 4 is 21.4 Å². The van der Waals surface area contributed by atoms with Gasteiger partial charge in [-0.15, -0.1) is 0 Å². The Labute approximate surface area is 140 Å². The van der Waals surface area contributed by atoms with Gasteiger partial charge in [0.2, 0.25) is 0 Å². The van der Waals surface area contributed by atoms with Crippen LogP contribution < -0.4 is 0 Å². The number of sulfone groups is 1. The minimum Gasteiger partial charge on any atom is -0.478 e. The predicted octanol–water partition coefficient (Wildman–Crippen LogP) is 3.42. The normalized spacial score (nSPS) is 25.0. The zero-order valence-electron chi connectivity index (χ0n) is 13.3. The Kier molecular flexibility index (Phi) is 5.74. The predicted molar refractivity (Wildman–Crippen MR) is 86.9 cm³/mol. The van der Waals surface area contributed by atoms with Gasteiger partial charge in [-0.3, -0.25) is 0 Å². The second-order valence-corrected chi connectivity index (χ2v) is 8.10. The number of rotatable bonds is 6. The maximum atomic E-state index is 13.3. The van der Waals surface area contributed by atoms with Crippen LogP contribution in [0.5, 0.6) is 0 Å². The van der Waals surface area contributed by atoms with Crippen LogP contribution in [0.25, 0.3) is 5.57 Å². The fourth-order valence-corrected chi connectivity index (χ4v) is 4.19. The topological polar surface area (TPSA) is 71.4 Å². The highest BCUT2D eigenvalue weighted by Gasteiger charge is 2.34. The smallest absolute Gasteiger partial charge is 0.335 e. The van der Waals surface area contributed by atoms with Gasteiger partial charge in [-0.25, -0.2) is 22.0 Å². The first-order valence-corrected chi connectivity index (χ1v) is 9.46. The first-order chi connectivity index (χ1) is 11.2.